The number of hydrogen-bond acceptors (Lipinski definition) is 4. The van der Waals surface area contributed by atoms with Crippen molar-refractivity contribution in [3.05, 3.63) is 0 Å². The van der Waals surface area contributed by atoms with Crippen molar-refractivity contribution in [1.82, 2.24) is 15.8 Å². The van der Waals surface area contributed by atoms with Crippen molar-refractivity contribution >= 4 is 0 Å². The lowest BCUT2D eigenvalue weighted by atomic mass is 9.98. The maximum absolute atomic E-state index is 8.57. The maximum atomic E-state index is 8.57. The van der Waals surface area contributed by atoms with Gasteiger partial charge in [0.15, 0.2) is 6.19 Å². The molecule has 0 amide bonds. The highest BCUT2D eigenvalue weighted by molar-refractivity contribution is 4.89. The van der Waals surface area contributed by atoms with Gasteiger partial charge in [-0.05, 0) is 25.2 Å². The molecule has 4 nitrogen and oxygen atoms in total. The molecule has 14 heavy (non-hydrogen) atoms. The molecule has 0 spiro atoms. The van der Waals surface area contributed by atoms with Gasteiger partial charge in [-0.1, -0.05) is 6.92 Å². The van der Waals surface area contributed by atoms with E-state index < -0.39 is 0 Å². The number of hydrogen-bond donors (Lipinski definition) is 2. The zero-order valence-corrected chi connectivity index (χ0v) is 8.66. The fourth-order valence-electron chi connectivity index (χ4n) is 2.55. The second kappa shape index (κ2) is 4.16. The summed E-state index contributed by atoms with van der Waals surface area (Å²) in [4.78, 5) is 0. The van der Waals surface area contributed by atoms with Crippen LogP contribution in [0.1, 0.15) is 26.2 Å². The average molecular weight is 194 g/mol. The van der Waals surface area contributed by atoms with Gasteiger partial charge in [-0.2, -0.15) is 5.26 Å². The highest BCUT2D eigenvalue weighted by atomic mass is 15.5. The fourth-order valence-corrected chi connectivity index (χ4v) is 2.55. The van der Waals surface area contributed by atoms with E-state index in [0.29, 0.717) is 12.1 Å². The number of hydrazine groups is 1. The molecule has 2 saturated heterocycles. The largest absolute Gasteiger partial charge is 0.321 e. The van der Waals surface area contributed by atoms with Gasteiger partial charge in [0, 0.05) is 25.2 Å². The van der Waals surface area contributed by atoms with Gasteiger partial charge in [0.25, 0.3) is 0 Å². The van der Waals surface area contributed by atoms with E-state index in [1.807, 2.05) is 0 Å². The van der Waals surface area contributed by atoms with Crippen molar-refractivity contribution in [3.8, 4) is 6.19 Å². The summed E-state index contributed by atoms with van der Waals surface area (Å²) in [5.41, 5.74) is 3.43. The summed E-state index contributed by atoms with van der Waals surface area (Å²) in [6.07, 6.45) is 5.45. The minimum absolute atomic E-state index is 0.389. The third-order valence-corrected chi connectivity index (χ3v) is 3.47. The Labute approximate surface area is 85.2 Å². The highest BCUT2D eigenvalue weighted by Gasteiger charge is 2.33. The van der Waals surface area contributed by atoms with Crippen LogP contribution >= 0.6 is 0 Å². The summed E-state index contributed by atoms with van der Waals surface area (Å²) in [6.45, 7) is 4.48. The van der Waals surface area contributed by atoms with E-state index in [0.717, 1.165) is 31.8 Å². The summed E-state index contributed by atoms with van der Waals surface area (Å²) in [5.74, 6) is 0.746. The molecule has 0 aromatic carbocycles. The number of fused-ring (bicyclic) bond motifs is 1. The van der Waals surface area contributed by atoms with Crippen molar-refractivity contribution < 1.29 is 0 Å². The molecule has 4 heteroatoms. The van der Waals surface area contributed by atoms with Gasteiger partial charge in [-0.25, -0.2) is 5.01 Å². The van der Waals surface area contributed by atoms with Crippen LogP contribution in [0.4, 0.5) is 0 Å². The van der Waals surface area contributed by atoms with Crippen molar-refractivity contribution in [2.45, 2.75) is 38.3 Å². The first kappa shape index (κ1) is 9.75. The second-order valence-corrected chi connectivity index (χ2v) is 4.42. The lowest BCUT2D eigenvalue weighted by molar-refractivity contribution is 0.179. The Morgan fingerprint density at radius 2 is 2.29 bits per heavy atom. The van der Waals surface area contributed by atoms with Gasteiger partial charge in [-0.3, -0.25) is 5.43 Å². The molecule has 78 valence electrons. The number of rotatable bonds is 1. The van der Waals surface area contributed by atoms with Crippen molar-refractivity contribution in [2.75, 3.05) is 13.1 Å². The van der Waals surface area contributed by atoms with Gasteiger partial charge < -0.3 is 5.32 Å². The molecule has 2 heterocycles. The molecule has 0 saturated carbocycles. The summed E-state index contributed by atoms with van der Waals surface area (Å²) in [5, 5.41) is 13.8. The molecular formula is C10H18N4. The predicted octanol–water partition coefficient (Wildman–Crippen LogP) is 0.434. The Hall–Kier alpha value is -0.790. The van der Waals surface area contributed by atoms with E-state index in [2.05, 4.69) is 28.9 Å². The third-order valence-electron chi connectivity index (χ3n) is 3.47. The molecule has 0 aliphatic carbocycles. The third kappa shape index (κ3) is 1.84. The van der Waals surface area contributed by atoms with Crippen LogP contribution in [0, 0.1) is 17.4 Å². The van der Waals surface area contributed by atoms with Crippen LogP contribution in [0.5, 0.6) is 0 Å². The quantitative estimate of drug-likeness (QED) is 0.469. The SMILES string of the molecule is CC1CNN2CCC(NC#N)CCC12. The van der Waals surface area contributed by atoms with Crippen LogP contribution < -0.4 is 10.7 Å². The van der Waals surface area contributed by atoms with Gasteiger partial charge in [0.05, 0.1) is 0 Å². The zero-order chi connectivity index (χ0) is 9.97. The molecule has 3 atom stereocenters. The van der Waals surface area contributed by atoms with Crippen molar-refractivity contribution in [1.29, 1.82) is 5.26 Å². The molecule has 2 aliphatic heterocycles. The van der Waals surface area contributed by atoms with E-state index in [9.17, 15) is 0 Å². The van der Waals surface area contributed by atoms with E-state index in [1.54, 1.807) is 0 Å². The van der Waals surface area contributed by atoms with Crippen LogP contribution in [-0.4, -0.2) is 30.2 Å². The van der Waals surface area contributed by atoms with E-state index >= 15 is 0 Å². The standard InChI is InChI=1S/C10H18N4/c1-8-6-13-14-5-4-9(12-7-11)2-3-10(8)14/h8-10,12-13H,2-6H2,1H3. The number of nitrogens with zero attached hydrogens (tertiary/aromatic N) is 2. The van der Waals surface area contributed by atoms with Crippen LogP contribution in [-0.2, 0) is 0 Å². The average Bonchev–Trinajstić information content (AvgIpc) is 2.42. The van der Waals surface area contributed by atoms with Crippen LogP contribution in [0.15, 0.2) is 0 Å². The first-order chi connectivity index (χ1) is 6.81. The van der Waals surface area contributed by atoms with Crippen LogP contribution in [0.2, 0.25) is 0 Å². The molecule has 0 bridgehead atoms. The minimum atomic E-state index is 0.389. The summed E-state index contributed by atoms with van der Waals surface area (Å²) in [7, 11) is 0. The molecule has 2 rings (SSSR count). The summed E-state index contributed by atoms with van der Waals surface area (Å²) >= 11 is 0. The normalized spacial score (nSPS) is 38.4. The minimum Gasteiger partial charge on any atom is -0.321 e. The monoisotopic (exact) mass is 194 g/mol. The first-order valence-corrected chi connectivity index (χ1v) is 5.46. The lowest BCUT2D eigenvalue weighted by Crippen LogP contribution is -2.37. The molecule has 0 aromatic heterocycles. The molecule has 0 aromatic rings. The van der Waals surface area contributed by atoms with Crippen molar-refractivity contribution in [3.63, 3.8) is 0 Å². The Morgan fingerprint density at radius 1 is 1.43 bits per heavy atom. The van der Waals surface area contributed by atoms with Crippen LogP contribution in [0.25, 0.3) is 0 Å². The van der Waals surface area contributed by atoms with Gasteiger partial charge in [0.2, 0.25) is 0 Å². The molecule has 2 N–H and O–H groups in total. The predicted molar refractivity (Wildman–Crippen MR) is 54.0 cm³/mol. The Balaban J connectivity index is 1.93. The van der Waals surface area contributed by atoms with E-state index in [1.165, 1.54) is 6.42 Å². The van der Waals surface area contributed by atoms with Gasteiger partial charge >= 0.3 is 0 Å². The van der Waals surface area contributed by atoms with Crippen molar-refractivity contribution in [2.24, 2.45) is 5.92 Å². The van der Waals surface area contributed by atoms with Crippen LogP contribution in [0.3, 0.4) is 0 Å². The zero-order valence-electron chi connectivity index (χ0n) is 8.66. The Bertz CT molecular complexity index is 235. The van der Waals surface area contributed by atoms with E-state index in [4.69, 9.17) is 5.26 Å². The molecular weight excluding hydrogens is 176 g/mol. The Kier molecular flexibility index (Phi) is 2.90. The molecule has 2 aliphatic rings. The first-order valence-electron chi connectivity index (χ1n) is 5.46. The lowest BCUT2D eigenvalue weighted by Gasteiger charge is -2.22. The highest BCUT2D eigenvalue weighted by Crippen LogP contribution is 2.25. The molecule has 3 unspecified atom stereocenters. The van der Waals surface area contributed by atoms with Gasteiger partial charge in [0.1, 0.15) is 0 Å². The summed E-state index contributed by atoms with van der Waals surface area (Å²) in [6, 6.07) is 1.07. The molecule has 0 radical (unpaired) electrons. The smallest absolute Gasteiger partial charge is 0.176 e. The maximum Gasteiger partial charge on any atom is 0.176 e. The second-order valence-electron chi connectivity index (χ2n) is 4.42. The molecule has 2 fully saturated rings. The van der Waals surface area contributed by atoms with Gasteiger partial charge in [-0.15, -0.1) is 0 Å². The fraction of sp³-hybridized carbons (Fsp3) is 0.900. The number of nitrogens with one attached hydrogen (secondary N) is 2. The summed E-state index contributed by atoms with van der Waals surface area (Å²) < 4.78 is 0. The topological polar surface area (TPSA) is 51.1 Å². The Morgan fingerprint density at radius 3 is 3.07 bits per heavy atom. The van der Waals surface area contributed by atoms with E-state index in [-0.39, 0.29) is 0 Å². The number of nitriles is 1.